The summed E-state index contributed by atoms with van der Waals surface area (Å²) in [5.74, 6) is 1.17. The molecule has 0 aliphatic heterocycles. The Morgan fingerprint density at radius 3 is 2.50 bits per heavy atom. The zero-order valence-corrected chi connectivity index (χ0v) is 10.3. The molecule has 0 unspecified atom stereocenters. The van der Waals surface area contributed by atoms with Crippen LogP contribution in [0.1, 0.15) is 16.1 Å². The van der Waals surface area contributed by atoms with E-state index in [2.05, 4.69) is 21.1 Å². The standard InChI is InChI=1S/C14H10N4O2/c15-9-13(12-3-1-2-8-16-12)18-17-11-6-4-10(5-7-11)14(19)20/h1-8,15H,(H,19,20). The molecule has 0 bridgehead atoms. The van der Waals surface area contributed by atoms with Gasteiger partial charge in [-0.25, -0.2) is 4.79 Å². The third-order valence-electron chi connectivity index (χ3n) is 2.41. The average molecular weight is 266 g/mol. The van der Waals surface area contributed by atoms with Crippen molar-refractivity contribution in [3.05, 3.63) is 59.9 Å². The summed E-state index contributed by atoms with van der Waals surface area (Å²) in [6, 6.07) is 11.2. The maximum atomic E-state index is 10.7. The van der Waals surface area contributed by atoms with Crippen LogP contribution in [0.4, 0.5) is 5.69 Å². The van der Waals surface area contributed by atoms with E-state index in [4.69, 9.17) is 10.5 Å². The number of nitrogens with one attached hydrogen (secondary N) is 1. The van der Waals surface area contributed by atoms with Crippen molar-refractivity contribution in [2.75, 3.05) is 0 Å². The SMILES string of the molecule is N=C=C(N=Nc1ccc(C(=O)O)cc1)c1ccccn1. The Morgan fingerprint density at radius 1 is 1.20 bits per heavy atom. The molecule has 98 valence electrons. The van der Waals surface area contributed by atoms with E-state index in [0.29, 0.717) is 11.4 Å². The first kappa shape index (κ1) is 13.3. The molecule has 1 heterocycles. The van der Waals surface area contributed by atoms with E-state index < -0.39 is 5.97 Å². The van der Waals surface area contributed by atoms with Gasteiger partial charge in [0.1, 0.15) is 5.69 Å². The summed E-state index contributed by atoms with van der Waals surface area (Å²) in [6.07, 6.45) is 1.59. The van der Waals surface area contributed by atoms with Crippen molar-refractivity contribution in [3.63, 3.8) is 0 Å². The van der Waals surface area contributed by atoms with Crippen molar-refractivity contribution in [3.8, 4) is 0 Å². The van der Waals surface area contributed by atoms with Crippen molar-refractivity contribution in [1.82, 2.24) is 4.98 Å². The van der Waals surface area contributed by atoms with E-state index in [1.54, 1.807) is 24.4 Å². The van der Waals surface area contributed by atoms with Crippen molar-refractivity contribution >= 4 is 23.2 Å². The molecule has 0 aliphatic carbocycles. The van der Waals surface area contributed by atoms with Gasteiger partial charge in [0, 0.05) is 12.1 Å². The third kappa shape index (κ3) is 3.22. The Labute approximate surface area is 114 Å². The number of carboxylic acids is 1. The summed E-state index contributed by atoms with van der Waals surface area (Å²) in [7, 11) is 0. The lowest BCUT2D eigenvalue weighted by atomic mass is 10.2. The first-order valence-corrected chi connectivity index (χ1v) is 5.67. The van der Waals surface area contributed by atoms with Gasteiger partial charge < -0.3 is 5.11 Å². The van der Waals surface area contributed by atoms with Gasteiger partial charge in [-0.1, -0.05) is 6.07 Å². The molecule has 2 aromatic rings. The Kier molecular flexibility index (Phi) is 4.11. The highest BCUT2D eigenvalue weighted by Crippen LogP contribution is 2.17. The van der Waals surface area contributed by atoms with E-state index >= 15 is 0 Å². The van der Waals surface area contributed by atoms with Gasteiger partial charge in [-0.3, -0.25) is 10.4 Å². The Balaban J connectivity index is 2.20. The Bertz CT molecular complexity index is 687. The normalized spacial score (nSPS) is 10.2. The fraction of sp³-hybridized carbons (Fsp3) is 0. The van der Waals surface area contributed by atoms with Gasteiger partial charge in [0.2, 0.25) is 0 Å². The van der Waals surface area contributed by atoms with E-state index in [9.17, 15) is 4.79 Å². The third-order valence-corrected chi connectivity index (χ3v) is 2.41. The molecule has 1 aromatic heterocycles. The molecule has 2 N–H and O–H groups in total. The highest BCUT2D eigenvalue weighted by atomic mass is 16.4. The van der Waals surface area contributed by atoms with Gasteiger partial charge in [-0.2, -0.15) is 0 Å². The number of hydrogen-bond acceptors (Lipinski definition) is 5. The van der Waals surface area contributed by atoms with Crippen LogP contribution in [0.15, 0.2) is 58.9 Å². The van der Waals surface area contributed by atoms with Gasteiger partial charge in [-0.15, -0.1) is 10.2 Å². The summed E-state index contributed by atoms with van der Waals surface area (Å²) in [5.41, 5.74) is 1.36. The summed E-state index contributed by atoms with van der Waals surface area (Å²) in [6.45, 7) is 0. The number of azo groups is 1. The maximum absolute atomic E-state index is 10.7. The number of aromatic nitrogens is 1. The first-order valence-electron chi connectivity index (χ1n) is 5.67. The maximum Gasteiger partial charge on any atom is 0.335 e. The molecule has 20 heavy (non-hydrogen) atoms. The van der Waals surface area contributed by atoms with Crippen LogP contribution in [-0.2, 0) is 0 Å². The number of rotatable bonds is 4. The molecule has 0 amide bonds. The van der Waals surface area contributed by atoms with Gasteiger partial charge in [-0.05, 0) is 36.4 Å². The van der Waals surface area contributed by atoms with Crippen LogP contribution >= 0.6 is 0 Å². The smallest absolute Gasteiger partial charge is 0.335 e. The fourth-order valence-corrected chi connectivity index (χ4v) is 1.42. The van der Waals surface area contributed by atoms with Crippen molar-refractivity contribution in [2.24, 2.45) is 10.2 Å². The molecular formula is C14H10N4O2. The van der Waals surface area contributed by atoms with Crippen LogP contribution in [0.5, 0.6) is 0 Å². The quantitative estimate of drug-likeness (QED) is 0.656. The second-order valence-corrected chi connectivity index (χ2v) is 3.74. The molecule has 6 nitrogen and oxygen atoms in total. The lowest BCUT2D eigenvalue weighted by Gasteiger charge is -1.97. The Morgan fingerprint density at radius 2 is 1.95 bits per heavy atom. The highest BCUT2D eigenvalue weighted by Gasteiger charge is 2.02. The fourth-order valence-electron chi connectivity index (χ4n) is 1.42. The number of benzene rings is 1. The zero-order valence-electron chi connectivity index (χ0n) is 10.3. The average Bonchev–Trinajstić information content (AvgIpc) is 2.49. The summed E-state index contributed by atoms with van der Waals surface area (Å²) < 4.78 is 0. The van der Waals surface area contributed by atoms with Crippen LogP contribution in [-0.4, -0.2) is 21.9 Å². The molecule has 0 saturated heterocycles. The minimum Gasteiger partial charge on any atom is -0.478 e. The Hall–Kier alpha value is -3.11. The minimum atomic E-state index is -0.998. The lowest BCUT2D eigenvalue weighted by Crippen LogP contribution is -1.94. The van der Waals surface area contributed by atoms with E-state index in [1.165, 1.54) is 24.3 Å². The van der Waals surface area contributed by atoms with Gasteiger partial charge in [0.25, 0.3) is 0 Å². The molecule has 0 spiro atoms. The monoisotopic (exact) mass is 266 g/mol. The predicted molar refractivity (Wildman–Crippen MR) is 73.3 cm³/mol. The molecule has 0 aliphatic rings. The molecule has 1 aromatic carbocycles. The van der Waals surface area contributed by atoms with E-state index in [0.717, 1.165) is 0 Å². The van der Waals surface area contributed by atoms with E-state index in [-0.39, 0.29) is 11.3 Å². The van der Waals surface area contributed by atoms with Crippen LogP contribution in [0.2, 0.25) is 0 Å². The number of nitrogens with zero attached hydrogens (tertiary/aromatic N) is 3. The zero-order chi connectivity index (χ0) is 14.4. The number of aromatic carboxylic acids is 1. The van der Waals surface area contributed by atoms with Crippen LogP contribution < -0.4 is 0 Å². The highest BCUT2D eigenvalue weighted by molar-refractivity contribution is 5.88. The largest absolute Gasteiger partial charge is 0.478 e. The molecule has 0 fully saturated rings. The number of pyridine rings is 1. The molecule has 2 rings (SSSR count). The number of carboxylic acid groups (broad SMARTS) is 1. The van der Waals surface area contributed by atoms with Crippen molar-refractivity contribution in [2.45, 2.75) is 0 Å². The first-order chi connectivity index (χ1) is 9.70. The second kappa shape index (κ2) is 6.17. The van der Waals surface area contributed by atoms with Gasteiger partial charge in [0.15, 0.2) is 5.70 Å². The van der Waals surface area contributed by atoms with Gasteiger partial charge in [0.05, 0.1) is 11.3 Å². The van der Waals surface area contributed by atoms with Gasteiger partial charge >= 0.3 is 5.97 Å². The topological polar surface area (TPSA) is 98.8 Å². The van der Waals surface area contributed by atoms with Crippen molar-refractivity contribution < 1.29 is 9.90 Å². The molecule has 6 heteroatoms. The molecule has 0 atom stereocenters. The number of hydrogen-bond donors (Lipinski definition) is 2. The van der Waals surface area contributed by atoms with Crippen molar-refractivity contribution in [1.29, 1.82) is 5.41 Å². The van der Waals surface area contributed by atoms with E-state index in [1.807, 2.05) is 0 Å². The molecule has 0 radical (unpaired) electrons. The lowest BCUT2D eigenvalue weighted by molar-refractivity contribution is 0.0697. The minimum absolute atomic E-state index is 0.177. The van der Waals surface area contributed by atoms with Crippen LogP contribution in [0.3, 0.4) is 0 Å². The predicted octanol–water partition coefficient (Wildman–Crippen LogP) is 3.15. The molecular weight excluding hydrogens is 256 g/mol. The van der Waals surface area contributed by atoms with Crippen LogP contribution in [0, 0.1) is 5.41 Å². The summed E-state index contributed by atoms with van der Waals surface area (Å²) >= 11 is 0. The summed E-state index contributed by atoms with van der Waals surface area (Å²) in [5, 5.41) is 23.8. The summed E-state index contributed by atoms with van der Waals surface area (Å²) in [4.78, 5) is 14.8. The molecule has 0 saturated carbocycles. The van der Waals surface area contributed by atoms with Crippen LogP contribution in [0.25, 0.3) is 5.70 Å². The second-order valence-electron chi connectivity index (χ2n) is 3.74. The number of carbonyl (C=O) groups is 1.